The van der Waals surface area contributed by atoms with Gasteiger partial charge in [0, 0.05) is 18.4 Å². The van der Waals surface area contributed by atoms with E-state index in [1.165, 1.54) is 26.4 Å². The smallest absolute Gasteiger partial charge is 0.306 e. The number of hydrogen-bond donors (Lipinski definition) is 2. The molecule has 168 valence electrons. The van der Waals surface area contributed by atoms with E-state index in [1.54, 1.807) is 6.07 Å². The summed E-state index contributed by atoms with van der Waals surface area (Å²) in [6.07, 6.45) is 1.99. The predicted octanol–water partition coefficient (Wildman–Crippen LogP) is 6.04. The first kappa shape index (κ1) is 24.1. The number of rotatable bonds is 10. The van der Waals surface area contributed by atoms with E-state index in [9.17, 15) is 14.9 Å². The fourth-order valence-corrected chi connectivity index (χ4v) is 3.41. The number of ether oxygens (including phenoxy) is 3. The SMILES string of the molecule is COc1cc(C(CC=C(C)C)OC(=O)CC(C)C)c(OC)c2c(N=O)ccc(NO)c12. The van der Waals surface area contributed by atoms with Crippen LogP contribution in [0.1, 0.15) is 52.2 Å². The number of methoxy groups -OCH3 is 2. The summed E-state index contributed by atoms with van der Waals surface area (Å²) in [7, 11) is 2.94. The lowest BCUT2D eigenvalue weighted by atomic mass is 9.96. The number of nitroso groups, excluding NO2 is 1. The molecule has 0 aliphatic rings. The van der Waals surface area contributed by atoms with Crippen LogP contribution in [-0.4, -0.2) is 25.4 Å². The van der Waals surface area contributed by atoms with Crippen molar-refractivity contribution < 1.29 is 24.2 Å². The maximum absolute atomic E-state index is 12.5. The van der Waals surface area contributed by atoms with E-state index in [2.05, 4.69) is 10.7 Å². The van der Waals surface area contributed by atoms with Gasteiger partial charge in [-0.15, -0.1) is 4.91 Å². The van der Waals surface area contributed by atoms with Gasteiger partial charge < -0.3 is 14.2 Å². The van der Waals surface area contributed by atoms with Crippen LogP contribution in [0, 0.1) is 10.8 Å². The highest BCUT2D eigenvalue weighted by atomic mass is 16.5. The van der Waals surface area contributed by atoms with Crippen molar-refractivity contribution in [3.63, 3.8) is 0 Å². The number of anilines is 1. The van der Waals surface area contributed by atoms with Gasteiger partial charge in [-0.05, 0) is 43.1 Å². The first-order valence-electron chi connectivity index (χ1n) is 10.0. The van der Waals surface area contributed by atoms with Crippen LogP contribution >= 0.6 is 0 Å². The van der Waals surface area contributed by atoms with Gasteiger partial charge in [-0.2, -0.15) is 0 Å². The van der Waals surface area contributed by atoms with E-state index < -0.39 is 6.10 Å². The van der Waals surface area contributed by atoms with Crippen LogP contribution < -0.4 is 15.0 Å². The second-order valence-electron chi connectivity index (χ2n) is 7.88. The first-order chi connectivity index (χ1) is 14.8. The van der Waals surface area contributed by atoms with Crippen LogP contribution in [0.15, 0.2) is 35.0 Å². The monoisotopic (exact) mass is 430 g/mol. The van der Waals surface area contributed by atoms with Crippen LogP contribution in [-0.2, 0) is 9.53 Å². The summed E-state index contributed by atoms with van der Waals surface area (Å²) in [5, 5.41) is 13.5. The van der Waals surface area contributed by atoms with Crippen molar-refractivity contribution in [3.8, 4) is 11.5 Å². The van der Waals surface area contributed by atoms with Gasteiger partial charge >= 0.3 is 5.97 Å². The normalized spacial score (nSPS) is 11.7. The Hall–Kier alpha value is -3.13. The molecule has 1 unspecified atom stereocenters. The zero-order valence-electron chi connectivity index (χ0n) is 18.8. The summed E-state index contributed by atoms with van der Waals surface area (Å²) in [6.45, 7) is 7.80. The summed E-state index contributed by atoms with van der Waals surface area (Å²) in [5.74, 6) is 0.512. The second-order valence-corrected chi connectivity index (χ2v) is 7.88. The van der Waals surface area contributed by atoms with E-state index in [1.807, 2.05) is 33.8 Å². The molecular weight excluding hydrogens is 400 g/mol. The third-order valence-electron chi connectivity index (χ3n) is 4.78. The van der Waals surface area contributed by atoms with E-state index in [4.69, 9.17) is 14.2 Å². The largest absolute Gasteiger partial charge is 0.496 e. The molecule has 2 rings (SSSR count). The van der Waals surface area contributed by atoms with Crippen molar-refractivity contribution in [2.24, 2.45) is 11.1 Å². The maximum Gasteiger partial charge on any atom is 0.306 e. The first-order valence-corrected chi connectivity index (χ1v) is 10.0. The molecular formula is C23H30N2O6. The summed E-state index contributed by atoms with van der Waals surface area (Å²) in [6, 6.07) is 4.68. The highest BCUT2D eigenvalue weighted by Crippen LogP contribution is 2.48. The molecule has 0 amide bonds. The molecule has 31 heavy (non-hydrogen) atoms. The average Bonchev–Trinajstić information content (AvgIpc) is 2.73. The van der Waals surface area contributed by atoms with Crippen LogP contribution in [0.5, 0.6) is 11.5 Å². The van der Waals surface area contributed by atoms with Gasteiger partial charge in [-0.3, -0.25) is 15.5 Å². The van der Waals surface area contributed by atoms with E-state index in [0.717, 1.165) is 5.57 Å². The molecule has 0 radical (unpaired) electrons. The Labute approximate surface area is 182 Å². The molecule has 0 saturated heterocycles. The second kappa shape index (κ2) is 10.8. The molecule has 0 bridgehead atoms. The number of nitrogens with zero attached hydrogens (tertiary/aromatic N) is 1. The fraction of sp³-hybridized carbons (Fsp3) is 0.435. The van der Waals surface area contributed by atoms with Crippen molar-refractivity contribution in [1.29, 1.82) is 0 Å². The summed E-state index contributed by atoms with van der Waals surface area (Å²) in [5.41, 5.74) is 4.16. The average molecular weight is 431 g/mol. The Kier molecular flexibility index (Phi) is 8.38. The summed E-state index contributed by atoms with van der Waals surface area (Å²) >= 11 is 0. The lowest BCUT2D eigenvalue weighted by molar-refractivity contribution is -0.150. The lowest BCUT2D eigenvalue weighted by Crippen LogP contribution is -2.14. The maximum atomic E-state index is 12.5. The highest BCUT2D eigenvalue weighted by Gasteiger charge is 2.27. The molecule has 2 aromatic rings. The molecule has 2 N–H and O–H groups in total. The van der Waals surface area contributed by atoms with Gasteiger partial charge in [-0.25, -0.2) is 0 Å². The van der Waals surface area contributed by atoms with Crippen LogP contribution in [0.2, 0.25) is 0 Å². The van der Waals surface area contributed by atoms with Crippen LogP contribution in [0.3, 0.4) is 0 Å². The molecule has 0 spiro atoms. The Morgan fingerprint density at radius 2 is 1.90 bits per heavy atom. The standard InChI is InChI=1S/C23H30N2O6/c1-13(2)7-10-18(31-20(26)11-14(3)4)15-12-19(29-5)21-16(24-27)8-9-17(25-28)22(21)23(15)30-6/h7-9,12,14,18,24,27H,10-11H2,1-6H3. The third kappa shape index (κ3) is 5.52. The van der Waals surface area contributed by atoms with E-state index in [-0.39, 0.29) is 24.0 Å². The quantitative estimate of drug-likeness (QED) is 0.205. The van der Waals surface area contributed by atoms with Crippen LogP contribution in [0.4, 0.5) is 11.4 Å². The van der Waals surface area contributed by atoms with Gasteiger partial charge in [0.05, 0.1) is 30.7 Å². The van der Waals surface area contributed by atoms with Gasteiger partial charge in [0.1, 0.15) is 23.3 Å². The van der Waals surface area contributed by atoms with Gasteiger partial charge in [0.15, 0.2) is 0 Å². The summed E-state index contributed by atoms with van der Waals surface area (Å²) in [4.78, 5) is 24.1. The number of carbonyl (C=O) groups excluding carboxylic acids is 1. The number of nitrogens with one attached hydrogen (secondary N) is 1. The Bertz CT molecular complexity index is 980. The van der Waals surface area contributed by atoms with Crippen molar-refractivity contribution in [3.05, 3.63) is 40.3 Å². The van der Waals surface area contributed by atoms with Crippen molar-refractivity contribution in [1.82, 2.24) is 0 Å². The molecule has 0 heterocycles. The van der Waals surface area contributed by atoms with E-state index in [0.29, 0.717) is 39.9 Å². The predicted molar refractivity (Wildman–Crippen MR) is 120 cm³/mol. The Balaban J connectivity index is 2.80. The fourth-order valence-electron chi connectivity index (χ4n) is 3.41. The Morgan fingerprint density at radius 3 is 2.42 bits per heavy atom. The molecule has 8 nitrogen and oxygen atoms in total. The number of hydrogen-bond acceptors (Lipinski definition) is 8. The molecule has 1 atom stereocenters. The molecule has 0 aliphatic heterocycles. The molecule has 0 saturated carbocycles. The number of carbonyl (C=O) groups is 1. The number of benzene rings is 2. The molecule has 0 aromatic heterocycles. The Morgan fingerprint density at radius 1 is 1.19 bits per heavy atom. The zero-order valence-corrected chi connectivity index (χ0v) is 18.8. The van der Waals surface area contributed by atoms with Gasteiger partial charge in [0.2, 0.25) is 0 Å². The van der Waals surface area contributed by atoms with E-state index >= 15 is 0 Å². The molecule has 0 aliphatic carbocycles. The van der Waals surface area contributed by atoms with Crippen molar-refractivity contribution >= 4 is 28.1 Å². The minimum Gasteiger partial charge on any atom is -0.496 e. The minimum absolute atomic E-state index is 0.112. The van der Waals surface area contributed by atoms with Crippen molar-refractivity contribution in [2.75, 3.05) is 19.7 Å². The summed E-state index contributed by atoms with van der Waals surface area (Å²) < 4.78 is 17.0. The van der Waals surface area contributed by atoms with Gasteiger partial charge in [-0.1, -0.05) is 25.5 Å². The van der Waals surface area contributed by atoms with Gasteiger partial charge in [0.25, 0.3) is 0 Å². The zero-order chi connectivity index (χ0) is 23.1. The number of fused-ring (bicyclic) bond motifs is 1. The third-order valence-corrected chi connectivity index (χ3v) is 4.78. The topological polar surface area (TPSA) is 106 Å². The lowest BCUT2D eigenvalue weighted by Gasteiger charge is -2.23. The molecule has 2 aromatic carbocycles. The molecule has 0 fully saturated rings. The number of allylic oxidation sites excluding steroid dienone is 1. The number of esters is 1. The highest BCUT2D eigenvalue weighted by molar-refractivity contribution is 6.08. The minimum atomic E-state index is -0.667. The van der Waals surface area contributed by atoms with Crippen molar-refractivity contribution in [2.45, 2.75) is 46.6 Å². The van der Waals surface area contributed by atoms with Crippen LogP contribution in [0.25, 0.3) is 10.8 Å². The molecule has 8 heteroatoms.